The summed E-state index contributed by atoms with van der Waals surface area (Å²) in [5, 5.41) is 5.97. The first-order valence-corrected chi connectivity index (χ1v) is 6.43. The molecule has 2 N–H and O–H groups in total. The van der Waals surface area contributed by atoms with Crippen LogP contribution in [0.25, 0.3) is 0 Å². The first kappa shape index (κ1) is 19.5. The van der Waals surface area contributed by atoms with Crippen LogP contribution in [0.2, 0.25) is 0 Å². The van der Waals surface area contributed by atoms with Gasteiger partial charge in [-0.3, -0.25) is 4.79 Å². The van der Waals surface area contributed by atoms with Gasteiger partial charge in [-0.15, -0.1) is 12.4 Å². The number of carbonyl (C=O) groups is 1. The highest BCUT2D eigenvalue weighted by molar-refractivity contribution is 5.97. The number of halogens is 1. The van der Waals surface area contributed by atoms with Crippen LogP contribution in [0.1, 0.15) is 10.4 Å². The molecular formula is C14H23ClN2O4. The van der Waals surface area contributed by atoms with E-state index in [1.807, 2.05) is 0 Å². The lowest BCUT2D eigenvalue weighted by Crippen LogP contribution is -2.33. The van der Waals surface area contributed by atoms with Crippen molar-refractivity contribution in [1.82, 2.24) is 10.6 Å². The summed E-state index contributed by atoms with van der Waals surface area (Å²) >= 11 is 0. The van der Waals surface area contributed by atoms with Crippen LogP contribution in [-0.4, -0.2) is 53.5 Å². The lowest BCUT2D eigenvalue weighted by atomic mass is 10.1. The molecule has 0 aliphatic carbocycles. The lowest BCUT2D eigenvalue weighted by molar-refractivity contribution is 0.0950. The minimum absolute atomic E-state index is 0. The topological polar surface area (TPSA) is 68.8 Å². The van der Waals surface area contributed by atoms with Crippen LogP contribution in [0.15, 0.2) is 18.2 Å². The van der Waals surface area contributed by atoms with E-state index in [1.165, 1.54) is 7.11 Å². The average molecular weight is 319 g/mol. The fraction of sp³-hybridized carbons (Fsp3) is 0.500. The van der Waals surface area contributed by atoms with E-state index in [1.54, 1.807) is 32.4 Å². The molecule has 6 nitrogen and oxygen atoms in total. The monoisotopic (exact) mass is 318 g/mol. The summed E-state index contributed by atoms with van der Waals surface area (Å²) in [6.07, 6.45) is 0. The van der Waals surface area contributed by atoms with Gasteiger partial charge in [-0.05, 0) is 12.1 Å². The molecule has 0 atom stereocenters. The highest BCUT2D eigenvalue weighted by Gasteiger charge is 2.15. The molecule has 1 aromatic carbocycles. The molecule has 0 radical (unpaired) electrons. The molecule has 0 aliphatic heterocycles. The number of ether oxygens (including phenoxy) is 3. The Morgan fingerprint density at radius 2 is 1.86 bits per heavy atom. The summed E-state index contributed by atoms with van der Waals surface area (Å²) in [7, 11) is 4.71. The molecule has 21 heavy (non-hydrogen) atoms. The highest BCUT2D eigenvalue weighted by Crippen LogP contribution is 2.30. The summed E-state index contributed by atoms with van der Waals surface area (Å²) in [5.41, 5.74) is 0.462. The SMILES string of the molecule is COCCNCCNC(=O)c1cccc(OC)c1OC.Cl. The molecule has 0 unspecified atom stereocenters. The van der Waals surface area contributed by atoms with Crippen molar-refractivity contribution in [3.8, 4) is 11.5 Å². The Bertz CT molecular complexity index is 429. The fourth-order valence-electron chi connectivity index (χ4n) is 1.72. The third-order valence-corrected chi connectivity index (χ3v) is 2.72. The standard InChI is InChI=1S/C14H22N2O4.ClH/c1-18-10-9-15-7-8-16-14(17)11-5-4-6-12(19-2)13(11)20-3;/h4-6,15H,7-10H2,1-3H3,(H,16,17);1H. The first-order valence-electron chi connectivity index (χ1n) is 6.43. The summed E-state index contributed by atoms with van der Waals surface area (Å²) in [6, 6.07) is 5.21. The van der Waals surface area contributed by atoms with Gasteiger partial charge in [-0.1, -0.05) is 6.07 Å². The van der Waals surface area contributed by atoms with Gasteiger partial charge in [-0.25, -0.2) is 0 Å². The lowest BCUT2D eigenvalue weighted by Gasteiger charge is -2.12. The second kappa shape index (κ2) is 11.2. The molecule has 1 rings (SSSR count). The van der Waals surface area contributed by atoms with Crippen LogP contribution in [0, 0.1) is 0 Å². The predicted octanol–water partition coefficient (Wildman–Crippen LogP) is 1.09. The Morgan fingerprint density at radius 3 is 2.48 bits per heavy atom. The number of nitrogens with one attached hydrogen (secondary N) is 2. The third-order valence-electron chi connectivity index (χ3n) is 2.72. The van der Waals surface area contributed by atoms with Gasteiger partial charge in [0, 0.05) is 26.7 Å². The van der Waals surface area contributed by atoms with E-state index in [4.69, 9.17) is 14.2 Å². The molecule has 0 fully saturated rings. The quantitative estimate of drug-likeness (QED) is 0.667. The molecule has 1 aromatic rings. The van der Waals surface area contributed by atoms with Crippen molar-refractivity contribution < 1.29 is 19.0 Å². The number of carbonyl (C=O) groups excluding carboxylic acids is 1. The molecule has 0 spiro atoms. The highest BCUT2D eigenvalue weighted by atomic mass is 35.5. The molecule has 1 amide bonds. The van der Waals surface area contributed by atoms with Crippen LogP contribution in [0.3, 0.4) is 0 Å². The smallest absolute Gasteiger partial charge is 0.255 e. The zero-order valence-corrected chi connectivity index (χ0v) is 13.4. The second-order valence-electron chi connectivity index (χ2n) is 4.04. The van der Waals surface area contributed by atoms with E-state index < -0.39 is 0 Å². The minimum atomic E-state index is -0.186. The van der Waals surface area contributed by atoms with E-state index in [2.05, 4.69) is 10.6 Å². The minimum Gasteiger partial charge on any atom is -0.493 e. The number of amides is 1. The number of benzene rings is 1. The molecule has 7 heteroatoms. The van der Waals surface area contributed by atoms with Crippen molar-refractivity contribution in [2.45, 2.75) is 0 Å². The van der Waals surface area contributed by atoms with Crippen molar-refractivity contribution in [3.63, 3.8) is 0 Å². The summed E-state index contributed by atoms with van der Waals surface area (Å²) in [5.74, 6) is 0.799. The maximum atomic E-state index is 12.1. The summed E-state index contributed by atoms with van der Waals surface area (Å²) < 4.78 is 15.3. The van der Waals surface area contributed by atoms with E-state index >= 15 is 0 Å². The van der Waals surface area contributed by atoms with E-state index in [0.29, 0.717) is 36.8 Å². The van der Waals surface area contributed by atoms with Crippen molar-refractivity contribution >= 4 is 18.3 Å². The normalized spacial score (nSPS) is 9.67. The Labute approximate surface area is 131 Å². The maximum Gasteiger partial charge on any atom is 0.255 e. The Hall–Kier alpha value is -1.50. The number of hydrogen-bond acceptors (Lipinski definition) is 5. The largest absolute Gasteiger partial charge is 0.493 e. The molecule has 0 heterocycles. The van der Waals surface area contributed by atoms with Crippen LogP contribution >= 0.6 is 12.4 Å². The zero-order valence-electron chi connectivity index (χ0n) is 12.6. The maximum absolute atomic E-state index is 12.1. The van der Waals surface area contributed by atoms with Gasteiger partial charge in [-0.2, -0.15) is 0 Å². The van der Waals surface area contributed by atoms with Gasteiger partial charge in [0.1, 0.15) is 0 Å². The Kier molecular flexibility index (Phi) is 10.4. The molecule has 0 aliphatic rings. The van der Waals surface area contributed by atoms with E-state index in [9.17, 15) is 4.79 Å². The second-order valence-corrected chi connectivity index (χ2v) is 4.04. The number of para-hydroxylation sites is 1. The molecule has 0 saturated heterocycles. The van der Waals surface area contributed by atoms with Gasteiger partial charge in [0.2, 0.25) is 0 Å². The van der Waals surface area contributed by atoms with Crippen LogP contribution in [0.5, 0.6) is 11.5 Å². The van der Waals surface area contributed by atoms with Crippen LogP contribution in [0.4, 0.5) is 0 Å². The van der Waals surface area contributed by atoms with E-state index in [-0.39, 0.29) is 18.3 Å². The third kappa shape index (κ3) is 6.20. The van der Waals surface area contributed by atoms with Gasteiger partial charge in [0.25, 0.3) is 5.91 Å². The first-order chi connectivity index (χ1) is 9.74. The Balaban J connectivity index is 0.00000400. The number of methoxy groups -OCH3 is 3. The molecule has 120 valence electrons. The van der Waals surface area contributed by atoms with Crippen molar-refractivity contribution in [3.05, 3.63) is 23.8 Å². The van der Waals surface area contributed by atoms with E-state index in [0.717, 1.165) is 6.54 Å². The van der Waals surface area contributed by atoms with Crippen molar-refractivity contribution in [2.75, 3.05) is 47.6 Å². The molecule has 0 bridgehead atoms. The Morgan fingerprint density at radius 1 is 1.10 bits per heavy atom. The van der Waals surface area contributed by atoms with Crippen molar-refractivity contribution in [1.29, 1.82) is 0 Å². The van der Waals surface area contributed by atoms with Gasteiger partial charge >= 0.3 is 0 Å². The number of rotatable bonds is 9. The number of hydrogen-bond donors (Lipinski definition) is 2. The zero-order chi connectivity index (χ0) is 14.8. The van der Waals surface area contributed by atoms with Gasteiger partial charge in [0.15, 0.2) is 11.5 Å². The summed E-state index contributed by atoms with van der Waals surface area (Å²) in [4.78, 5) is 12.1. The predicted molar refractivity (Wildman–Crippen MR) is 83.9 cm³/mol. The van der Waals surface area contributed by atoms with Gasteiger partial charge in [0.05, 0.1) is 26.4 Å². The van der Waals surface area contributed by atoms with Crippen LogP contribution < -0.4 is 20.1 Å². The summed E-state index contributed by atoms with van der Waals surface area (Å²) in [6.45, 7) is 2.62. The van der Waals surface area contributed by atoms with Gasteiger partial charge < -0.3 is 24.8 Å². The van der Waals surface area contributed by atoms with Crippen LogP contribution in [-0.2, 0) is 4.74 Å². The molecule has 0 saturated carbocycles. The van der Waals surface area contributed by atoms with Crippen molar-refractivity contribution in [2.24, 2.45) is 0 Å². The average Bonchev–Trinajstić information content (AvgIpc) is 2.49. The molecular weight excluding hydrogens is 296 g/mol. The molecule has 0 aromatic heterocycles. The fourth-order valence-corrected chi connectivity index (χ4v) is 1.72.